The van der Waals surface area contributed by atoms with Gasteiger partial charge in [-0.25, -0.2) is 9.37 Å². The summed E-state index contributed by atoms with van der Waals surface area (Å²) >= 11 is 0. The van der Waals surface area contributed by atoms with E-state index < -0.39 is 0 Å². The molecular formula is C31H33FN2O. The standard InChI is InChI=1S/C31H33FN2O/c1-20(2)14-15-33-30-13-11-26(19-34-30)28-17-21(3)31(23(5)22(28)4)25-9-8-24(29(32)18-25)10-12-27-7-6-16-35-27/h6-9,11,13-14,16-19H,10,12,15H2,1-5H3,(H,33,34). The summed E-state index contributed by atoms with van der Waals surface area (Å²) in [7, 11) is 0. The van der Waals surface area contributed by atoms with Crippen molar-refractivity contribution >= 4 is 5.82 Å². The van der Waals surface area contributed by atoms with Crippen LogP contribution in [0, 0.1) is 26.6 Å². The molecule has 4 aromatic rings. The Bertz CT molecular complexity index is 1330. The first-order valence-corrected chi connectivity index (χ1v) is 12.1. The fourth-order valence-corrected chi connectivity index (χ4v) is 4.46. The number of benzene rings is 2. The van der Waals surface area contributed by atoms with Gasteiger partial charge in [-0.05, 0) is 110 Å². The van der Waals surface area contributed by atoms with Gasteiger partial charge in [0.25, 0.3) is 0 Å². The van der Waals surface area contributed by atoms with Gasteiger partial charge in [-0.3, -0.25) is 0 Å². The molecule has 0 atom stereocenters. The zero-order chi connectivity index (χ0) is 24.9. The molecule has 1 N–H and O–H groups in total. The number of hydrogen-bond acceptors (Lipinski definition) is 3. The molecule has 180 valence electrons. The van der Waals surface area contributed by atoms with E-state index in [1.165, 1.54) is 11.1 Å². The van der Waals surface area contributed by atoms with E-state index in [-0.39, 0.29) is 5.82 Å². The molecular weight excluding hydrogens is 435 g/mol. The Balaban J connectivity index is 1.57. The molecule has 0 saturated heterocycles. The van der Waals surface area contributed by atoms with Crippen LogP contribution in [0.2, 0.25) is 0 Å². The lowest BCUT2D eigenvalue weighted by atomic mass is 9.87. The number of aromatic nitrogens is 1. The molecule has 0 unspecified atom stereocenters. The molecule has 0 aliphatic rings. The molecule has 3 nitrogen and oxygen atoms in total. The lowest BCUT2D eigenvalue weighted by Crippen LogP contribution is -2.01. The Labute approximate surface area is 207 Å². The number of halogens is 1. The summed E-state index contributed by atoms with van der Waals surface area (Å²) in [5.41, 5.74) is 9.68. The number of aryl methyl sites for hydroxylation is 3. The molecule has 0 spiro atoms. The van der Waals surface area contributed by atoms with Gasteiger partial charge in [-0.1, -0.05) is 29.8 Å². The lowest BCUT2D eigenvalue weighted by Gasteiger charge is -2.18. The summed E-state index contributed by atoms with van der Waals surface area (Å²) < 4.78 is 20.4. The topological polar surface area (TPSA) is 38.1 Å². The van der Waals surface area contributed by atoms with Gasteiger partial charge in [-0.15, -0.1) is 0 Å². The number of furan rings is 1. The molecule has 0 aliphatic carbocycles. The molecule has 2 aromatic carbocycles. The Morgan fingerprint density at radius 2 is 1.77 bits per heavy atom. The van der Waals surface area contributed by atoms with Crippen molar-refractivity contribution in [1.82, 2.24) is 4.98 Å². The number of rotatable bonds is 8. The van der Waals surface area contributed by atoms with Crippen LogP contribution in [-0.2, 0) is 12.8 Å². The van der Waals surface area contributed by atoms with Gasteiger partial charge in [-0.2, -0.15) is 0 Å². The predicted molar refractivity (Wildman–Crippen MR) is 143 cm³/mol. The highest BCUT2D eigenvalue weighted by molar-refractivity contribution is 5.80. The first-order chi connectivity index (χ1) is 16.8. The summed E-state index contributed by atoms with van der Waals surface area (Å²) in [5.74, 6) is 1.56. The first kappa shape index (κ1) is 24.5. The van der Waals surface area contributed by atoms with Crippen LogP contribution in [0.4, 0.5) is 10.2 Å². The molecule has 2 aromatic heterocycles. The van der Waals surface area contributed by atoms with Crippen LogP contribution in [0.5, 0.6) is 0 Å². The van der Waals surface area contributed by atoms with Crippen molar-refractivity contribution in [2.75, 3.05) is 11.9 Å². The second-order valence-electron chi connectivity index (χ2n) is 9.35. The van der Waals surface area contributed by atoms with E-state index in [0.717, 1.165) is 51.5 Å². The average Bonchev–Trinajstić information content (AvgIpc) is 3.35. The zero-order valence-electron chi connectivity index (χ0n) is 21.2. The van der Waals surface area contributed by atoms with Crippen LogP contribution in [-0.4, -0.2) is 11.5 Å². The van der Waals surface area contributed by atoms with Crippen molar-refractivity contribution in [2.24, 2.45) is 0 Å². The van der Waals surface area contributed by atoms with Gasteiger partial charge >= 0.3 is 0 Å². The highest BCUT2D eigenvalue weighted by atomic mass is 19.1. The average molecular weight is 469 g/mol. The minimum absolute atomic E-state index is 0.171. The van der Waals surface area contributed by atoms with Crippen molar-refractivity contribution in [3.05, 3.63) is 106 Å². The van der Waals surface area contributed by atoms with Gasteiger partial charge in [0.2, 0.25) is 0 Å². The Morgan fingerprint density at radius 3 is 2.43 bits per heavy atom. The zero-order valence-corrected chi connectivity index (χ0v) is 21.2. The molecule has 0 fully saturated rings. The second-order valence-corrected chi connectivity index (χ2v) is 9.35. The van der Waals surface area contributed by atoms with Crippen LogP contribution in [0.3, 0.4) is 0 Å². The highest BCUT2D eigenvalue weighted by Gasteiger charge is 2.15. The minimum Gasteiger partial charge on any atom is -0.469 e. The number of hydrogen-bond donors (Lipinski definition) is 1. The smallest absolute Gasteiger partial charge is 0.127 e. The lowest BCUT2D eigenvalue weighted by molar-refractivity contribution is 0.505. The number of allylic oxidation sites excluding steroid dienone is 1. The third-order valence-electron chi connectivity index (χ3n) is 6.53. The maximum atomic E-state index is 15.0. The van der Waals surface area contributed by atoms with Gasteiger partial charge in [0.1, 0.15) is 17.4 Å². The van der Waals surface area contributed by atoms with E-state index in [1.54, 1.807) is 12.3 Å². The second kappa shape index (κ2) is 10.7. The number of pyridine rings is 1. The van der Waals surface area contributed by atoms with Crippen LogP contribution in [0.1, 0.15) is 41.9 Å². The van der Waals surface area contributed by atoms with Gasteiger partial charge in [0.15, 0.2) is 0 Å². The summed E-state index contributed by atoms with van der Waals surface area (Å²) in [6, 6.07) is 15.7. The third kappa shape index (κ3) is 5.71. The first-order valence-electron chi connectivity index (χ1n) is 12.1. The van der Waals surface area contributed by atoms with Crippen LogP contribution >= 0.6 is 0 Å². The van der Waals surface area contributed by atoms with Crippen molar-refractivity contribution in [3.63, 3.8) is 0 Å². The van der Waals surface area contributed by atoms with Crippen molar-refractivity contribution in [3.8, 4) is 22.3 Å². The fourth-order valence-electron chi connectivity index (χ4n) is 4.46. The summed E-state index contributed by atoms with van der Waals surface area (Å²) in [5, 5.41) is 3.32. The van der Waals surface area contributed by atoms with Crippen molar-refractivity contribution in [1.29, 1.82) is 0 Å². The van der Waals surface area contributed by atoms with Gasteiger partial charge < -0.3 is 9.73 Å². The molecule has 4 rings (SSSR count). The normalized spacial score (nSPS) is 10.9. The van der Waals surface area contributed by atoms with E-state index >= 15 is 0 Å². The van der Waals surface area contributed by atoms with E-state index in [9.17, 15) is 4.39 Å². The van der Waals surface area contributed by atoms with Crippen molar-refractivity contribution < 1.29 is 8.81 Å². The van der Waals surface area contributed by atoms with Crippen LogP contribution < -0.4 is 5.32 Å². The summed E-state index contributed by atoms with van der Waals surface area (Å²) in [4.78, 5) is 4.59. The van der Waals surface area contributed by atoms with E-state index in [0.29, 0.717) is 18.4 Å². The summed E-state index contributed by atoms with van der Waals surface area (Å²) in [6.45, 7) is 11.3. The molecule has 2 heterocycles. The van der Waals surface area contributed by atoms with E-state index in [1.807, 2.05) is 36.5 Å². The number of nitrogens with zero attached hydrogens (tertiary/aromatic N) is 1. The third-order valence-corrected chi connectivity index (χ3v) is 6.53. The monoisotopic (exact) mass is 468 g/mol. The Morgan fingerprint density at radius 1 is 0.971 bits per heavy atom. The quantitative estimate of drug-likeness (QED) is 0.265. The van der Waals surface area contributed by atoms with Gasteiger partial charge in [0.05, 0.1) is 6.26 Å². The number of nitrogens with one attached hydrogen (secondary N) is 1. The van der Waals surface area contributed by atoms with Crippen LogP contribution in [0.15, 0.2) is 77.1 Å². The SMILES string of the molecule is CC(C)=CCNc1ccc(-c2cc(C)c(-c3ccc(CCc4ccco4)c(F)c3)c(C)c2C)cn1. The Kier molecular flexibility index (Phi) is 7.50. The summed E-state index contributed by atoms with van der Waals surface area (Å²) in [6.07, 6.45) is 7.01. The molecule has 0 bridgehead atoms. The number of anilines is 1. The molecule has 0 aliphatic heterocycles. The fraction of sp³-hybridized carbons (Fsp3) is 0.258. The molecule has 35 heavy (non-hydrogen) atoms. The van der Waals surface area contributed by atoms with Crippen molar-refractivity contribution in [2.45, 2.75) is 47.5 Å². The maximum absolute atomic E-state index is 15.0. The molecule has 0 radical (unpaired) electrons. The van der Waals surface area contributed by atoms with Crippen LogP contribution in [0.25, 0.3) is 22.3 Å². The molecule has 0 saturated carbocycles. The van der Waals surface area contributed by atoms with Gasteiger partial charge in [0, 0.05) is 24.7 Å². The van der Waals surface area contributed by atoms with E-state index in [2.05, 4.69) is 63.1 Å². The largest absolute Gasteiger partial charge is 0.469 e. The van der Waals surface area contributed by atoms with E-state index in [4.69, 9.17) is 4.42 Å². The maximum Gasteiger partial charge on any atom is 0.127 e. The molecule has 0 amide bonds. The molecule has 4 heteroatoms. The Hall–Kier alpha value is -3.66. The highest BCUT2D eigenvalue weighted by Crippen LogP contribution is 2.36. The minimum atomic E-state index is -0.171. The predicted octanol–water partition coefficient (Wildman–Crippen LogP) is 8.24.